The zero-order valence-electron chi connectivity index (χ0n) is 16.7. The minimum absolute atomic E-state index is 0.179. The van der Waals surface area contributed by atoms with Gasteiger partial charge < -0.3 is 4.74 Å². The van der Waals surface area contributed by atoms with Gasteiger partial charge in [0.1, 0.15) is 0 Å². The summed E-state index contributed by atoms with van der Waals surface area (Å²) < 4.78 is 31.7. The maximum Gasteiger partial charge on any atom is 0.338 e. The van der Waals surface area contributed by atoms with Gasteiger partial charge in [0.05, 0.1) is 16.1 Å². The van der Waals surface area contributed by atoms with Crippen LogP contribution in [0.5, 0.6) is 0 Å². The lowest BCUT2D eigenvalue weighted by Gasteiger charge is -2.20. The van der Waals surface area contributed by atoms with E-state index < -0.39 is 21.4 Å². The molecule has 0 N–H and O–H groups in total. The van der Waals surface area contributed by atoms with Gasteiger partial charge in [-0.05, 0) is 43.3 Å². The summed E-state index contributed by atoms with van der Waals surface area (Å²) in [5, 5.41) is 0. The molecule has 7 heteroatoms. The largest absolute Gasteiger partial charge is 0.454 e. The molecule has 150 valence electrons. The van der Waals surface area contributed by atoms with Crippen molar-refractivity contribution in [1.29, 1.82) is 0 Å². The van der Waals surface area contributed by atoms with Gasteiger partial charge in [0.25, 0.3) is 10.0 Å². The number of hydrogen-bond acceptors (Lipinski definition) is 5. The second-order valence-electron chi connectivity index (χ2n) is 7.58. The number of ether oxygens (including phenoxy) is 1. The SMILES string of the molecule is Cc1ccc(S(=O)(=O)N(C)c2ccc(C(=O)OCC(=O)C(C)(C)C)cc2)cc1. The van der Waals surface area contributed by atoms with Crippen molar-refractivity contribution >= 4 is 27.5 Å². The van der Waals surface area contributed by atoms with Gasteiger partial charge in [0, 0.05) is 12.5 Å². The normalized spacial score (nSPS) is 11.8. The quantitative estimate of drug-likeness (QED) is 0.689. The maximum absolute atomic E-state index is 12.7. The molecule has 0 spiro atoms. The van der Waals surface area contributed by atoms with Crippen molar-refractivity contribution in [3.8, 4) is 0 Å². The molecule has 0 atom stereocenters. The Labute approximate surface area is 166 Å². The Morgan fingerprint density at radius 2 is 1.50 bits per heavy atom. The maximum atomic E-state index is 12.7. The molecule has 0 radical (unpaired) electrons. The number of aryl methyl sites for hydroxylation is 1. The molecule has 0 fully saturated rings. The first-order valence-corrected chi connectivity index (χ1v) is 10.2. The molecule has 0 heterocycles. The van der Waals surface area contributed by atoms with E-state index in [9.17, 15) is 18.0 Å². The first-order valence-electron chi connectivity index (χ1n) is 8.79. The standard InChI is InChI=1S/C21H25NO5S/c1-15-6-12-18(13-7-15)28(25,26)22(5)17-10-8-16(9-11-17)20(24)27-14-19(23)21(2,3)4/h6-13H,14H2,1-5H3. The highest BCUT2D eigenvalue weighted by Gasteiger charge is 2.24. The number of carbonyl (C=O) groups is 2. The average Bonchev–Trinajstić information content (AvgIpc) is 2.64. The van der Waals surface area contributed by atoms with Crippen LogP contribution in [0.2, 0.25) is 0 Å². The third-order valence-electron chi connectivity index (χ3n) is 4.32. The van der Waals surface area contributed by atoms with E-state index in [2.05, 4.69) is 0 Å². The van der Waals surface area contributed by atoms with Crippen LogP contribution in [0.25, 0.3) is 0 Å². The summed E-state index contributed by atoms with van der Waals surface area (Å²) in [5.41, 5.74) is 1.03. The number of sulfonamides is 1. The minimum atomic E-state index is -3.71. The van der Waals surface area contributed by atoms with Crippen molar-refractivity contribution in [2.24, 2.45) is 5.41 Å². The Morgan fingerprint density at radius 3 is 2.00 bits per heavy atom. The van der Waals surface area contributed by atoms with Gasteiger partial charge in [0.2, 0.25) is 0 Å². The van der Waals surface area contributed by atoms with Crippen molar-refractivity contribution in [3.05, 3.63) is 59.7 Å². The third kappa shape index (κ3) is 4.98. The van der Waals surface area contributed by atoms with Crippen LogP contribution in [-0.2, 0) is 19.6 Å². The summed E-state index contributed by atoms with van der Waals surface area (Å²) in [5.74, 6) is -0.811. The highest BCUT2D eigenvalue weighted by Crippen LogP contribution is 2.23. The monoisotopic (exact) mass is 403 g/mol. The fraction of sp³-hybridized carbons (Fsp3) is 0.333. The van der Waals surface area contributed by atoms with Crippen molar-refractivity contribution in [2.45, 2.75) is 32.6 Å². The van der Waals surface area contributed by atoms with Crippen LogP contribution in [0, 0.1) is 12.3 Å². The summed E-state index contributed by atoms with van der Waals surface area (Å²) in [6, 6.07) is 12.6. The minimum Gasteiger partial charge on any atom is -0.454 e. The van der Waals surface area contributed by atoms with Crippen molar-refractivity contribution in [2.75, 3.05) is 18.0 Å². The summed E-state index contributed by atoms with van der Waals surface area (Å²) in [6.45, 7) is 6.84. The second kappa shape index (κ2) is 8.14. The zero-order valence-corrected chi connectivity index (χ0v) is 17.5. The lowest BCUT2D eigenvalue weighted by atomic mass is 9.91. The number of anilines is 1. The van der Waals surface area contributed by atoms with Gasteiger partial charge in [-0.3, -0.25) is 9.10 Å². The molecule has 2 aromatic carbocycles. The first kappa shape index (κ1) is 21.6. The molecule has 6 nitrogen and oxygen atoms in total. The van der Waals surface area contributed by atoms with E-state index in [0.29, 0.717) is 5.69 Å². The van der Waals surface area contributed by atoms with Crippen LogP contribution in [0.15, 0.2) is 53.4 Å². The van der Waals surface area contributed by atoms with Crippen LogP contribution in [0.1, 0.15) is 36.7 Å². The third-order valence-corrected chi connectivity index (χ3v) is 6.12. The summed E-state index contributed by atoms with van der Waals surface area (Å²) in [6.07, 6.45) is 0. The molecule has 0 saturated heterocycles. The van der Waals surface area contributed by atoms with Crippen molar-refractivity contribution in [3.63, 3.8) is 0 Å². The van der Waals surface area contributed by atoms with Crippen molar-refractivity contribution in [1.82, 2.24) is 0 Å². The molecule has 0 saturated carbocycles. The molecule has 0 bridgehead atoms. The van der Waals surface area contributed by atoms with E-state index in [4.69, 9.17) is 4.74 Å². The number of benzene rings is 2. The predicted molar refractivity (Wildman–Crippen MR) is 108 cm³/mol. The molecule has 2 rings (SSSR count). The number of rotatable bonds is 6. The molecule has 0 unspecified atom stereocenters. The Morgan fingerprint density at radius 1 is 0.964 bits per heavy atom. The summed E-state index contributed by atoms with van der Waals surface area (Å²) >= 11 is 0. The van der Waals surface area contributed by atoms with Crippen LogP contribution in [0.3, 0.4) is 0 Å². The van der Waals surface area contributed by atoms with Gasteiger partial charge >= 0.3 is 5.97 Å². The Bertz CT molecular complexity index is 955. The average molecular weight is 404 g/mol. The Balaban J connectivity index is 2.12. The molecule has 28 heavy (non-hydrogen) atoms. The number of esters is 1. The number of Topliss-reactive ketones (excluding diaryl/α,β-unsaturated/α-hetero) is 1. The highest BCUT2D eigenvalue weighted by molar-refractivity contribution is 7.92. The van der Waals surface area contributed by atoms with Crippen LogP contribution >= 0.6 is 0 Å². The molecule has 0 amide bonds. The molecule has 0 aliphatic heterocycles. The van der Waals surface area contributed by atoms with Gasteiger partial charge in [-0.15, -0.1) is 0 Å². The Hall–Kier alpha value is -2.67. The lowest BCUT2D eigenvalue weighted by molar-refractivity contribution is -0.129. The fourth-order valence-corrected chi connectivity index (χ4v) is 3.44. The van der Waals surface area contributed by atoms with Crippen LogP contribution in [-0.4, -0.2) is 33.8 Å². The first-order chi connectivity index (χ1) is 12.9. The molecule has 0 aliphatic carbocycles. The summed E-state index contributed by atoms with van der Waals surface area (Å²) in [7, 11) is -2.26. The number of hydrogen-bond donors (Lipinski definition) is 0. The van der Waals surface area contributed by atoms with E-state index >= 15 is 0 Å². The van der Waals surface area contributed by atoms with E-state index in [1.165, 1.54) is 31.3 Å². The molecular formula is C21H25NO5S. The van der Waals surface area contributed by atoms with E-state index in [1.807, 2.05) is 6.92 Å². The zero-order chi connectivity index (χ0) is 21.1. The van der Waals surface area contributed by atoms with Crippen LogP contribution < -0.4 is 4.31 Å². The van der Waals surface area contributed by atoms with E-state index in [1.54, 1.807) is 45.0 Å². The Kier molecular flexibility index (Phi) is 6.29. The summed E-state index contributed by atoms with van der Waals surface area (Å²) in [4.78, 5) is 24.1. The van der Waals surface area contributed by atoms with Crippen LogP contribution in [0.4, 0.5) is 5.69 Å². The van der Waals surface area contributed by atoms with E-state index in [0.717, 1.165) is 9.87 Å². The van der Waals surface area contributed by atoms with Gasteiger partial charge in [-0.25, -0.2) is 13.2 Å². The predicted octanol–water partition coefficient (Wildman–Crippen LogP) is 3.59. The van der Waals surface area contributed by atoms with Crippen molar-refractivity contribution < 1.29 is 22.7 Å². The molecular weight excluding hydrogens is 378 g/mol. The number of ketones is 1. The lowest BCUT2D eigenvalue weighted by Crippen LogP contribution is -2.27. The van der Waals surface area contributed by atoms with E-state index in [-0.39, 0.29) is 22.8 Å². The smallest absolute Gasteiger partial charge is 0.338 e. The second-order valence-corrected chi connectivity index (χ2v) is 9.55. The molecule has 2 aromatic rings. The van der Waals surface area contributed by atoms with Gasteiger partial charge in [-0.1, -0.05) is 38.5 Å². The molecule has 0 aliphatic rings. The van der Waals surface area contributed by atoms with Gasteiger partial charge in [0.15, 0.2) is 12.4 Å². The fourth-order valence-electron chi connectivity index (χ4n) is 2.25. The van der Waals surface area contributed by atoms with Gasteiger partial charge in [-0.2, -0.15) is 0 Å². The highest BCUT2D eigenvalue weighted by atomic mass is 32.2. The molecule has 0 aromatic heterocycles. The topological polar surface area (TPSA) is 80.8 Å². The number of nitrogens with zero attached hydrogens (tertiary/aromatic N) is 1. The number of carbonyl (C=O) groups excluding carboxylic acids is 2.